The number of amidine groups is 1. The smallest absolute Gasteiger partial charge is 0.403 e. The van der Waals surface area contributed by atoms with Crippen LogP contribution in [0.1, 0.15) is 11.3 Å². The van der Waals surface area contributed by atoms with E-state index in [1.54, 1.807) is 17.6 Å². The van der Waals surface area contributed by atoms with E-state index in [-0.39, 0.29) is 23.4 Å². The topological polar surface area (TPSA) is 120 Å². The molecule has 0 spiro atoms. The van der Waals surface area contributed by atoms with Gasteiger partial charge in [-0.1, -0.05) is 5.10 Å². The number of halogens is 3. The van der Waals surface area contributed by atoms with E-state index in [1.807, 2.05) is 0 Å². The lowest BCUT2D eigenvalue weighted by Crippen LogP contribution is -2.21. The molecule has 0 amide bonds. The van der Waals surface area contributed by atoms with Gasteiger partial charge in [0, 0.05) is 11.8 Å². The number of nitrogens with one attached hydrogen (secondary N) is 3. The molecule has 0 aliphatic heterocycles. The maximum absolute atomic E-state index is 12.6. The number of rotatable bonds is 4. The molecule has 11 heteroatoms. The number of alkyl halides is 3. The minimum Gasteiger partial charge on any atom is -0.403 e. The number of pyridine rings is 1. The van der Waals surface area contributed by atoms with Crippen LogP contribution in [0.4, 0.5) is 24.9 Å². The van der Waals surface area contributed by atoms with Crippen LogP contribution in [-0.4, -0.2) is 26.2 Å². The number of aromatic nitrogens is 3. The predicted molar refractivity (Wildman–Crippen MR) is 84.0 cm³/mol. The minimum absolute atomic E-state index is 0.0158. The molecule has 0 aliphatic rings. The van der Waals surface area contributed by atoms with E-state index in [0.717, 1.165) is 12.1 Å². The number of hydrogen-bond donors (Lipinski definition) is 4. The highest BCUT2D eigenvalue weighted by molar-refractivity contribution is 5.99. The van der Waals surface area contributed by atoms with Crippen LogP contribution in [0.3, 0.4) is 0 Å². The molecule has 0 atom stereocenters. The van der Waals surface area contributed by atoms with E-state index in [0.29, 0.717) is 11.3 Å². The summed E-state index contributed by atoms with van der Waals surface area (Å²) in [6.45, 7) is 0. The van der Waals surface area contributed by atoms with E-state index in [9.17, 15) is 13.2 Å². The van der Waals surface area contributed by atoms with Crippen molar-refractivity contribution in [3.05, 3.63) is 53.9 Å². The Labute approximate surface area is 144 Å². The van der Waals surface area contributed by atoms with Crippen LogP contribution in [-0.2, 0) is 6.18 Å². The summed E-state index contributed by atoms with van der Waals surface area (Å²) in [5.41, 5.74) is 1.62. The van der Waals surface area contributed by atoms with Gasteiger partial charge in [-0.05, 0) is 36.4 Å². The van der Waals surface area contributed by atoms with Crippen molar-refractivity contribution in [1.82, 2.24) is 20.7 Å². The van der Waals surface area contributed by atoms with Crippen molar-refractivity contribution < 1.29 is 22.8 Å². The molecule has 2 heterocycles. The fourth-order valence-electron chi connectivity index (χ4n) is 2.07. The van der Waals surface area contributed by atoms with Gasteiger partial charge in [0.2, 0.25) is 5.89 Å². The Balaban J connectivity index is 1.82. The minimum atomic E-state index is -4.43. The average Bonchev–Trinajstić information content (AvgIpc) is 3.09. The molecule has 26 heavy (non-hydrogen) atoms. The lowest BCUT2D eigenvalue weighted by Gasteiger charge is -2.07. The quantitative estimate of drug-likeness (QED) is 0.319. The van der Waals surface area contributed by atoms with Gasteiger partial charge in [-0.2, -0.15) is 13.2 Å². The third-order valence-corrected chi connectivity index (χ3v) is 3.28. The van der Waals surface area contributed by atoms with Crippen molar-refractivity contribution in [3.8, 4) is 11.5 Å². The molecule has 0 saturated heterocycles. The van der Waals surface area contributed by atoms with Crippen molar-refractivity contribution in [2.75, 3.05) is 5.32 Å². The molecule has 3 rings (SSSR count). The SMILES string of the molecule is N=C(NO)c1ncccc1Nc1nnc(-c2ccc(C(F)(F)F)cc2)o1. The fourth-order valence-corrected chi connectivity index (χ4v) is 2.07. The molecule has 0 radical (unpaired) electrons. The van der Waals surface area contributed by atoms with Gasteiger partial charge in [0.05, 0.1) is 11.3 Å². The van der Waals surface area contributed by atoms with E-state index in [4.69, 9.17) is 15.0 Å². The van der Waals surface area contributed by atoms with Crippen molar-refractivity contribution in [1.29, 1.82) is 5.41 Å². The second-order valence-corrected chi connectivity index (χ2v) is 5.00. The third-order valence-electron chi connectivity index (χ3n) is 3.28. The molecule has 3 aromatic rings. The largest absolute Gasteiger partial charge is 0.416 e. The molecular weight excluding hydrogens is 353 g/mol. The summed E-state index contributed by atoms with van der Waals surface area (Å²) in [5, 5.41) is 26.7. The Morgan fingerprint density at radius 2 is 1.85 bits per heavy atom. The average molecular weight is 364 g/mol. The second-order valence-electron chi connectivity index (χ2n) is 5.00. The number of hydrogen-bond acceptors (Lipinski definition) is 7. The van der Waals surface area contributed by atoms with Gasteiger partial charge < -0.3 is 9.73 Å². The molecular formula is C15H11F3N6O2. The zero-order valence-electron chi connectivity index (χ0n) is 12.9. The molecule has 0 fully saturated rings. The van der Waals surface area contributed by atoms with Gasteiger partial charge in [-0.15, -0.1) is 5.10 Å². The Kier molecular flexibility index (Phi) is 4.54. The van der Waals surface area contributed by atoms with Gasteiger partial charge in [0.25, 0.3) is 0 Å². The zero-order chi connectivity index (χ0) is 18.7. The predicted octanol–water partition coefficient (Wildman–Crippen LogP) is 3.20. The summed E-state index contributed by atoms with van der Waals surface area (Å²) in [5.74, 6) is -0.336. The normalized spacial score (nSPS) is 11.2. The zero-order valence-corrected chi connectivity index (χ0v) is 12.9. The molecule has 1 aromatic carbocycles. The van der Waals surface area contributed by atoms with Crippen LogP contribution in [0, 0.1) is 5.41 Å². The van der Waals surface area contributed by atoms with Gasteiger partial charge in [0.1, 0.15) is 5.69 Å². The highest BCUT2D eigenvalue weighted by atomic mass is 19.4. The van der Waals surface area contributed by atoms with E-state index in [2.05, 4.69) is 20.5 Å². The number of hydroxylamine groups is 1. The van der Waals surface area contributed by atoms with Crippen molar-refractivity contribution in [3.63, 3.8) is 0 Å². The molecule has 0 unspecified atom stereocenters. The van der Waals surface area contributed by atoms with Crippen LogP contribution < -0.4 is 10.8 Å². The van der Waals surface area contributed by atoms with Crippen LogP contribution in [0.5, 0.6) is 0 Å². The molecule has 134 valence electrons. The molecule has 8 nitrogen and oxygen atoms in total. The van der Waals surface area contributed by atoms with E-state index in [1.165, 1.54) is 18.3 Å². The summed E-state index contributed by atoms with van der Waals surface area (Å²) < 4.78 is 43.2. The number of anilines is 2. The monoisotopic (exact) mass is 364 g/mol. The standard InChI is InChI=1S/C15H11F3N6O2/c16-15(17,18)9-5-3-8(4-6-9)13-22-23-14(26-13)21-10-2-1-7-20-11(10)12(19)24-25/h1-7,25H,(H2,19,24)(H,21,23). The number of nitrogens with zero attached hydrogens (tertiary/aromatic N) is 3. The van der Waals surface area contributed by atoms with Crippen LogP contribution in [0.15, 0.2) is 47.0 Å². The summed E-state index contributed by atoms with van der Waals surface area (Å²) >= 11 is 0. The van der Waals surface area contributed by atoms with Gasteiger partial charge >= 0.3 is 12.2 Å². The van der Waals surface area contributed by atoms with E-state index >= 15 is 0 Å². The first-order chi connectivity index (χ1) is 12.4. The van der Waals surface area contributed by atoms with Gasteiger partial charge in [0.15, 0.2) is 5.84 Å². The summed E-state index contributed by atoms with van der Waals surface area (Å²) in [7, 11) is 0. The van der Waals surface area contributed by atoms with Gasteiger partial charge in [-0.3, -0.25) is 21.1 Å². The lowest BCUT2D eigenvalue weighted by molar-refractivity contribution is -0.137. The number of benzene rings is 1. The molecule has 0 saturated carbocycles. The van der Waals surface area contributed by atoms with Crippen molar-refractivity contribution in [2.45, 2.75) is 6.18 Å². The van der Waals surface area contributed by atoms with Gasteiger partial charge in [-0.25, -0.2) is 0 Å². The molecule has 0 bridgehead atoms. The summed E-state index contributed by atoms with van der Waals surface area (Å²) in [6, 6.07) is 7.38. The summed E-state index contributed by atoms with van der Waals surface area (Å²) in [6.07, 6.45) is -3.00. The molecule has 4 N–H and O–H groups in total. The van der Waals surface area contributed by atoms with Crippen LogP contribution in [0.25, 0.3) is 11.5 Å². The van der Waals surface area contributed by atoms with Crippen molar-refractivity contribution >= 4 is 17.5 Å². The Morgan fingerprint density at radius 3 is 2.50 bits per heavy atom. The van der Waals surface area contributed by atoms with Crippen molar-refractivity contribution in [2.24, 2.45) is 0 Å². The summed E-state index contributed by atoms with van der Waals surface area (Å²) in [4.78, 5) is 3.94. The maximum Gasteiger partial charge on any atom is 0.416 e. The highest BCUT2D eigenvalue weighted by Crippen LogP contribution is 2.31. The first-order valence-electron chi connectivity index (χ1n) is 7.10. The lowest BCUT2D eigenvalue weighted by atomic mass is 10.1. The highest BCUT2D eigenvalue weighted by Gasteiger charge is 2.30. The molecule has 2 aromatic heterocycles. The Hall–Kier alpha value is -3.47. The maximum atomic E-state index is 12.6. The van der Waals surface area contributed by atoms with Crippen LogP contribution in [0.2, 0.25) is 0 Å². The van der Waals surface area contributed by atoms with E-state index < -0.39 is 11.7 Å². The molecule has 0 aliphatic carbocycles. The second kappa shape index (κ2) is 6.80. The first kappa shape index (κ1) is 17.4. The Morgan fingerprint density at radius 1 is 1.12 bits per heavy atom. The Bertz CT molecular complexity index is 924. The van der Waals surface area contributed by atoms with Crippen LogP contribution >= 0.6 is 0 Å². The first-order valence-corrected chi connectivity index (χ1v) is 7.10. The third kappa shape index (κ3) is 3.62. The fraction of sp³-hybridized carbons (Fsp3) is 0.0667.